The van der Waals surface area contributed by atoms with E-state index in [0.717, 1.165) is 0 Å². The van der Waals surface area contributed by atoms with Gasteiger partial charge in [0, 0.05) is 6.42 Å². The van der Waals surface area contributed by atoms with Crippen molar-refractivity contribution >= 4 is 47.4 Å². The summed E-state index contributed by atoms with van der Waals surface area (Å²) in [5.41, 5.74) is 7.27. The van der Waals surface area contributed by atoms with Crippen molar-refractivity contribution in [3.8, 4) is 5.75 Å². The lowest BCUT2D eigenvalue weighted by Gasteiger charge is -2.37. The lowest BCUT2D eigenvalue weighted by molar-refractivity contribution is -0.331. The molecule has 0 bridgehead atoms. The van der Waals surface area contributed by atoms with E-state index >= 15 is 0 Å². The molecule has 1 aliphatic rings. The number of esters is 1. The van der Waals surface area contributed by atoms with Crippen LogP contribution in [0.2, 0.25) is 0 Å². The Bertz CT molecular complexity index is 2010. The third-order valence-electron chi connectivity index (χ3n) is 10.4. The molecule has 2 aromatic carbocycles. The van der Waals surface area contributed by atoms with Crippen molar-refractivity contribution in [1.82, 2.24) is 31.9 Å². The van der Waals surface area contributed by atoms with E-state index in [9.17, 15) is 69.0 Å². The zero-order valence-electron chi connectivity index (χ0n) is 37.2. The van der Waals surface area contributed by atoms with Crippen molar-refractivity contribution in [3.63, 3.8) is 0 Å². The number of hydrogen-bond donors (Lipinski definition) is 13. The van der Waals surface area contributed by atoms with Crippen molar-refractivity contribution < 1.29 is 78.5 Å². The molecule has 0 saturated carbocycles. The molecule has 2 aromatic rings. The zero-order chi connectivity index (χ0) is 49.6. The van der Waals surface area contributed by atoms with Crippen LogP contribution in [0.4, 0.5) is 0 Å². The fraction of sp³-hybridized carbons (Fsp3) is 0.535. The largest absolute Gasteiger partial charge is 0.508 e. The first-order chi connectivity index (χ1) is 30.9. The molecule has 6 amide bonds. The van der Waals surface area contributed by atoms with Gasteiger partial charge in [0.1, 0.15) is 60.3 Å². The fourth-order valence-electron chi connectivity index (χ4n) is 6.45. The normalized spacial score (nSPS) is 21.4. The predicted octanol–water partition coefficient (Wildman–Crippen LogP) is -3.46. The second-order valence-electron chi connectivity index (χ2n) is 16.6. The van der Waals surface area contributed by atoms with Crippen LogP contribution in [0.5, 0.6) is 5.75 Å². The fourth-order valence-corrected chi connectivity index (χ4v) is 6.45. The molecule has 0 aliphatic carbocycles. The minimum Gasteiger partial charge on any atom is -0.508 e. The number of hydrogen-bond acceptors (Lipinski definition) is 16. The number of amides is 6. The van der Waals surface area contributed by atoms with E-state index in [1.54, 1.807) is 56.3 Å². The van der Waals surface area contributed by atoms with Gasteiger partial charge in [-0.1, -0.05) is 70.2 Å². The molecule has 23 heteroatoms. The van der Waals surface area contributed by atoms with Gasteiger partial charge in [0.25, 0.3) is 0 Å². The van der Waals surface area contributed by atoms with Gasteiger partial charge in [0.05, 0.1) is 12.5 Å². The summed E-state index contributed by atoms with van der Waals surface area (Å²) >= 11 is 0. The van der Waals surface area contributed by atoms with Gasteiger partial charge in [0.15, 0.2) is 6.29 Å². The van der Waals surface area contributed by atoms with Gasteiger partial charge in [-0.15, -0.1) is 0 Å². The average Bonchev–Trinajstić information content (AvgIpc) is 3.25. The topological polar surface area (TPSA) is 375 Å². The summed E-state index contributed by atoms with van der Waals surface area (Å²) in [4.78, 5) is 106. The maximum Gasteiger partial charge on any atom is 0.330 e. The van der Waals surface area contributed by atoms with E-state index < -0.39 is 139 Å². The summed E-state index contributed by atoms with van der Waals surface area (Å²) in [5.74, 6) is -9.41. The molecule has 0 unspecified atom stereocenters. The Morgan fingerprint density at radius 3 is 1.65 bits per heavy atom. The maximum atomic E-state index is 13.9. The Labute approximate surface area is 380 Å². The molecule has 364 valence electrons. The number of ether oxygens (including phenoxy) is 2. The number of nitrogens with two attached hydrogens (primary N) is 1. The van der Waals surface area contributed by atoms with Gasteiger partial charge in [-0.05, 0) is 55.4 Å². The first kappa shape index (κ1) is 54.1. The minimum absolute atomic E-state index is 0.0237. The molecule has 1 aliphatic heterocycles. The molecule has 66 heavy (non-hydrogen) atoms. The third-order valence-corrected chi connectivity index (χ3v) is 10.4. The van der Waals surface area contributed by atoms with Gasteiger partial charge < -0.3 is 77.7 Å². The van der Waals surface area contributed by atoms with Crippen molar-refractivity contribution in [1.29, 1.82) is 0 Å². The molecule has 1 saturated heterocycles. The molecule has 12 atom stereocenters. The number of aliphatic hydroxyl groups excluding tert-OH is 4. The first-order valence-electron chi connectivity index (χ1n) is 21.1. The standard InChI is InChI=1S/C43H61N7O16/c1-19(2)30(39(61)46-22(6)41(63)65-43-34(56)32(54)33(55)42(64)66-43)50-40(62)31(20(3)4)49-38(60)28(18-29(52)53)48-37(59)27(17-23-10-8-7-9-11-23)47-35(57)21(5)45-36(58)26(44)16-24-12-14-25(51)15-13-24/h7-15,19-22,26-28,30-34,42-43,51,54-56,64H,16-18,44H2,1-6H3,(H,45,58)(H,46,61)(H,47,57)(H,48,59)(H,49,60)(H,50,62)(H,52,53)/t21-,22-,26+,27+,28+,30+,31+,32-,33-,34-,42+,43+/m1/s1. The third kappa shape index (κ3) is 16.0. The maximum absolute atomic E-state index is 13.9. The van der Waals surface area contributed by atoms with E-state index in [4.69, 9.17) is 15.2 Å². The number of carbonyl (C=O) groups is 8. The van der Waals surface area contributed by atoms with Gasteiger partial charge in [-0.25, -0.2) is 4.79 Å². The van der Waals surface area contributed by atoms with Crippen LogP contribution in [0.3, 0.4) is 0 Å². The van der Waals surface area contributed by atoms with Crippen LogP contribution >= 0.6 is 0 Å². The van der Waals surface area contributed by atoms with E-state index in [1.165, 1.54) is 39.8 Å². The Kier molecular flexibility index (Phi) is 20.4. The zero-order valence-corrected chi connectivity index (χ0v) is 37.2. The lowest BCUT2D eigenvalue weighted by atomic mass is 9.99. The monoisotopic (exact) mass is 931 g/mol. The summed E-state index contributed by atoms with van der Waals surface area (Å²) in [6.45, 7) is 8.74. The summed E-state index contributed by atoms with van der Waals surface area (Å²) in [6.07, 6.45) is -10.7. The summed E-state index contributed by atoms with van der Waals surface area (Å²) in [6, 6.07) is 4.65. The molecular formula is C43H61N7O16. The van der Waals surface area contributed by atoms with E-state index in [0.29, 0.717) is 11.1 Å². The Morgan fingerprint density at radius 1 is 0.591 bits per heavy atom. The molecule has 14 N–H and O–H groups in total. The molecule has 0 aromatic heterocycles. The van der Waals surface area contributed by atoms with Gasteiger partial charge in [-0.2, -0.15) is 0 Å². The number of carboxylic acids is 1. The molecule has 0 radical (unpaired) electrons. The molecule has 1 heterocycles. The number of nitrogens with one attached hydrogen (secondary N) is 6. The van der Waals surface area contributed by atoms with Crippen molar-refractivity contribution in [2.45, 2.75) is 134 Å². The summed E-state index contributed by atoms with van der Waals surface area (Å²) in [7, 11) is 0. The predicted molar refractivity (Wildman–Crippen MR) is 230 cm³/mol. The number of aliphatic hydroxyl groups is 4. The smallest absolute Gasteiger partial charge is 0.330 e. The van der Waals surface area contributed by atoms with Gasteiger partial charge >= 0.3 is 11.9 Å². The Balaban J connectivity index is 1.72. The number of carboxylic acid groups (broad SMARTS) is 1. The second kappa shape index (κ2) is 24.9. The highest BCUT2D eigenvalue weighted by Gasteiger charge is 2.45. The number of phenolic OH excluding ortho intramolecular Hbond substituents is 1. The molecule has 1 fully saturated rings. The van der Waals surface area contributed by atoms with Crippen LogP contribution in [0.25, 0.3) is 0 Å². The number of aliphatic carboxylic acids is 1. The van der Waals surface area contributed by atoms with Crippen LogP contribution in [0.1, 0.15) is 59.1 Å². The summed E-state index contributed by atoms with van der Waals surface area (Å²) in [5, 5.41) is 73.3. The molecule has 23 nitrogen and oxygen atoms in total. The number of aromatic hydroxyl groups is 1. The van der Waals surface area contributed by atoms with Gasteiger partial charge in [-0.3, -0.25) is 33.6 Å². The molecule has 0 spiro atoms. The second-order valence-corrected chi connectivity index (χ2v) is 16.6. The number of rotatable bonds is 22. The van der Waals surface area contributed by atoms with Crippen LogP contribution in [-0.4, -0.2) is 151 Å². The molecular weight excluding hydrogens is 871 g/mol. The van der Waals surface area contributed by atoms with Crippen molar-refractivity contribution in [2.24, 2.45) is 17.6 Å². The van der Waals surface area contributed by atoms with Crippen LogP contribution in [0, 0.1) is 11.8 Å². The highest BCUT2D eigenvalue weighted by molar-refractivity contribution is 5.98. The highest BCUT2D eigenvalue weighted by atomic mass is 16.8. The number of carbonyl (C=O) groups excluding carboxylic acids is 7. The molecule has 3 rings (SSSR count). The van der Waals surface area contributed by atoms with Crippen LogP contribution < -0.4 is 37.6 Å². The summed E-state index contributed by atoms with van der Waals surface area (Å²) < 4.78 is 9.81. The number of benzene rings is 2. The average molecular weight is 932 g/mol. The van der Waals surface area contributed by atoms with Crippen LogP contribution in [-0.2, 0) is 60.7 Å². The van der Waals surface area contributed by atoms with E-state index in [-0.39, 0.29) is 18.6 Å². The Morgan fingerprint density at radius 2 is 1.09 bits per heavy atom. The minimum atomic E-state index is -2.01. The first-order valence-corrected chi connectivity index (χ1v) is 21.1. The van der Waals surface area contributed by atoms with E-state index in [2.05, 4.69) is 31.9 Å². The van der Waals surface area contributed by atoms with E-state index in [1.807, 2.05) is 0 Å². The lowest BCUT2D eigenvalue weighted by Crippen LogP contribution is -2.61. The van der Waals surface area contributed by atoms with Crippen molar-refractivity contribution in [3.05, 3.63) is 65.7 Å². The highest BCUT2D eigenvalue weighted by Crippen LogP contribution is 2.21. The van der Waals surface area contributed by atoms with Gasteiger partial charge in [0.2, 0.25) is 41.7 Å². The Hall–Kier alpha value is -6.24. The number of phenols is 1. The SMILES string of the molecule is CC(C)[C@H](NC(=O)[C@H](CC(=O)O)NC(=O)[C@H](Cc1ccccc1)NC(=O)[C@@H](C)NC(=O)[C@@H](N)Cc1ccc(O)cc1)C(=O)N[C@H](C(=O)N[C@H](C)C(=O)O[C@H]1O[C@H](O)[C@H](O)[C@@H](O)[C@H]1O)C(C)C. The van der Waals surface area contributed by atoms with Crippen molar-refractivity contribution in [2.75, 3.05) is 0 Å². The quantitative estimate of drug-likeness (QED) is 0.0511. The van der Waals surface area contributed by atoms with Crippen LogP contribution in [0.15, 0.2) is 54.6 Å².